The van der Waals surface area contributed by atoms with Gasteiger partial charge in [0.1, 0.15) is 0 Å². The van der Waals surface area contributed by atoms with E-state index in [4.69, 9.17) is 0 Å². The molecule has 0 aliphatic rings. The lowest BCUT2D eigenvalue weighted by molar-refractivity contribution is 0.718. The fourth-order valence-electron chi connectivity index (χ4n) is 2.28. The van der Waals surface area contributed by atoms with Crippen LogP contribution in [0.5, 0.6) is 0 Å². The molecule has 0 heterocycles. The zero-order valence-corrected chi connectivity index (χ0v) is 13.4. The van der Waals surface area contributed by atoms with Gasteiger partial charge in [-0.15, -0.1) is 13.2 Å². The van der Waals surface area contributed by atoms with E-state index in [-0.39, 0.29) is 0 Å². The second-order valence-corrected chi connectivity index (χ2v) is 5.05. The van der Waals surface area contributed by atoms with Gasteiger partial charge in [-0.05, 0) is 43.0 Å². The van der Waals surface area contributed by atoms with E-state index in [2.05, 4.69) is 80.9 Å². The summed E-state index contributed by atoms with van der Waals surface area (Å²) in [5.41, 5.74) is 5.14. The van der Waals surface area contributed by atoms with Gasteiger partial charge in [0.25, 0.3) is 0 Å². The fraction of sp³-hybridized carbons (Fsp3) is 0.300. The predicted molar refractivity (Wildman–Crippen MR) is 95.4 cm³/mol. The van der Waals surface area contributed by atoms with Crippen LogP contribution in [0.25, 0.3) is 0 Å². The smallest absolute Gasteiger partial charge is 0.0416 e. The van der Waals surface area contributed by atoms with E-state index in [1.165, 1.54) is 41.8 Å². The first-order valence-corrected chi connectivity index (χ1v) is 7.72. The molecule has 21 heavy (non-hydrogen) atoms. The van der Waals surface area contributed by atoms with Gasteiger partial charge in [0.15, 0.2) is 0 Å². The molecule has 0 radical (unpaired) electrons. The minimum absolute atomic E-state index is 1.16. The van der Waals surface area contributed by atoms with Crippen LogP contribution in [0.15, 0.2) is 61.7 Å². The van der Waals surface area contributed by atoms with Crippen molar-refractivity contribution in [1.29, 1.82) is 0 Å². The van der Waals surface area contributed by atoms with E-state index in [0.717, 1.165) is 6.42 Å². The summed E-state index contributed by atoms with van der Waals surface area (Å²) in [5, 5.41) is 3.57. The van der Waals surface area contributed by atoms with E-state index in [0.29, 0.717) is 0 Å². The normalized spacial score (nSPS) is 9.62. The zero-order chi connectivity index (χ0) is 15.5. The van der Waals surface area contributed by atoms with Crippen molar-refractivity contribution in [3.63, 3.8) is 0 Å². The minimum atomic E-state index is 1.16. The third kappa shape index (κ3) is 5.47. The van der Waals surface area contributed by atoms with E-state index < -0.39 is 0 Å². The van der Waals surface area contributed by atoms with Gasteiger partial charge >= 0.3 is 0 Å². The Labute approximate surface area is 129 Å². The van der Waals surface area contributed by atoms with Crippen LogP contribution >= 0.6 is 0 Å². The molecule has 112 valence electrons. The van der Waals surface area contributed by atoms with Gasteiger partial charge in [-0.25, -0.2) is 0 Å². The number of hydrogen-bond donors (Lipinski definition) is 1. The monoisotopic (exact) mass is 281 g/mol. The van der Waals surface area contributed by atoms with Gasteiger partial charge in [-0.3, -0.25) is 0 Å². The standard InChI is InChI=1S/C18H23N.C2H4/c1-3-4-5-11-16-12-7-9-14-18(16)19-17-13-8-6-10-15(17)2;1-2/h6-10,12-14,19H,3-5,11H2,1-2H3;1-2H2. The molecule has 2 aromatic rings. The van der Waals surface area contributed by atoms with Crippen molar-refractivity contribution in [2.45, 2.75) is 39.5 Å². The van der Waals surface area contributed by atoms with Gasteiger partial charge < -0.3 is 5.32 Å². The summed E-state index contributed by atoms with van der Waals surface area (Å²) in [5.74, 6) is 0. The van der Waals surface area contributed by atoms with Crippen molar-refractivity contribution in [1.82, 2.24) is 0 Å². The largest absolute Gasteiger partial charge is 0.355 e. The van der Waals surface area contributed by atoms with Crippen molar-refractivity contribution in [3.05, 3.63) is 72.8 Å². The van der Waals surface area contributed by atoms with Gasteiger partial charge in [-0.2, -0.15) is 0 Å². The Balaban J connectivity index is 0.00000106. The first kappa shape index (κ1) is 17.0. The van der Waals surface area contributed by atoms with Crippen LogP contribution in [0.4, 0.5) is 11.4 Å². The molecule has 0 aromatic heterocycles. The summed E-state index contributed by atoms with van der Waals surface area (Å²) in [6.45, 7) is 10.4. The number of unbranched alkanes of at least 4 members (excludes halogenated alkanes) is 2. The van der Waals surface area contributed by atoms with Crippen molar-refractivity contribution in [2.75, 3.05) is 5.32 Å². The first-order valence-electron chi connectivity index (χ1n) is 7.72. The molecule has 1 N–H and O–H groups in total. The average molecular weight is 281 g/mol. The fourth-order valence-corrected chi connectivity index (χ4v) is 2.28. The van der Waals surface area contributed by atoms with Crippen molar-refractivity contribution >= 4 is 11.4 Å². The molecule has 0 spiro atoms. The average Bonchev–Trinajstić information content (AvgIpc) is 2.53. The van der Waals surface area contributed by atoms with Crippen LogP contribution in [0, 0.1) is 6.92 Å². The molecule has 1 heteroatoms. The second-order valence-electron chi connectivity index (χ2n) is 5.05. The summed E-state index contributed by atoms with van der Waals surface area (Å²) in [6, 6.07) is 17.1. The van der Waals surface area contributed by atoms with Crippen LogP contribution < -0.4 is 5.32 Å². The molecule has 2 rings (SSSR count). The lowest BCUT2D eigenvalue weighted by atomic mass is 10.0. The number of benzene rings is 2. The molecule has 0 bridgehead atoms. The Bertz CT molecular complexity index is 531. The number of para-hydroxylation sites is 2. The molecule has 2 aromatic carbocycles. The summed E-state index contributed by atoms with van der Waals surface area (Å²) < 4.78 is 0. The van der Waals surface area contributed by atoms with Crippen molar-refractivity contribution in [2.24, 2.45) is 0 Å². The quantitative estimate of drug-likeness (QED) is 0.486. The number of aryl methyl sites for hydroxylation is 2. The van der Waals surface area contributed by atoms with E-state index in [1.54, 1.807) is 0 Å². The molecule has 0 aliphatic heterocycles. The summed E-state index contributed by atoms with van der Waals surface area (Å²) in [7, 11) is 0. The third-order valence-electron chi connectivity index (χ3n) is 3.48. The van der Waals surface area contributed by atoms with Crippen LogP contribution in [-0.2, 0) is 6.42 Å². The lowest BCUT2D eigenvalue weighted by Gasteiger charge is -2.13. The third-order valence-corrected chi connectivity index (χ3v) is 3.48. The Morgan fingerprint density at radius 3 is 2.14 bits per heavy atom. The Morgan fingerprint density at radius 1 is 0.857 bits per heavy atom. The maximum absolute atomic E-state index is 3.57. The molecule has 0 atom stereocenters. The number of nitrogens with one attached hydrogen (secondary N) is 1. The maximum atomic E-state index is 3.57. The number of rotatable bonds is 6. The molecular formula is C20H27N. The Kier molecular flexibility index (Phi) is 7.96. The minimum Gasteiger partial charge on any atom is -0.355 e. The van der Waals surface area contributed by atoms with Gasteiger partial charge in [0.2, 0.25) is 0 Å². The lowest BCUT2D eigenvalue weighted by Crippen LogP contribution is -1.97. The molecule has 0 aliphatic carbocycles. The van der Waals surface area contributed by atoms with Crippen LogP contribution in [0.1, 0.15) is 37.3 Å². The maximum Gasteiger partial charge on any atom is 0.0416 e. The van der Waals surface area contributed by atoms with Gasteiger partial charge in [-0.1, -0.05) is 56.2 Å². The van der Waals surface area contributed by atoms with E-state index >= 15 is 0 Å². The zero-order valence-electron chi connectivity index (χ0n) is 13.4. The SMILES string of the molecule is C=C.CCCCCc1ccccc1Nc1ccccc1C. The predicted octanol–water partition coefficient (Wildman–Crippen LogP) is 6.27. The van der Waals surface area contributed by atoms with Crippen molar-refractivity contribution in [3.8, 4) is 0 Å². The summed E-state index contributed by atoms with van der Waals surface area (Å²) >= 11 is 0. The van der Waals surface area contributed by atoms with E-state index in [9.17, 15) is 0 Å². The summed E-state index contributed by atoms with van der Waals surface area (Å²) in [4.78, 5) is 0. The van der Waals surface area contributed by atoms with Gasteiger partial charge in [0.05, 0.1) is 0 Å². The van der Waals surface area contributed by atoms with Gasteiger partial charge in [0, 0.05) is 11.4 Å². The Morgan fingerprint density at radius 2 is 1.48 bits per heavy atom. The van der Waals surface area contributed by atoms with Crippen LogP contribution in [0.3, 0.4) is 0 Å². The molecule has 0 unspecified atom stereocenters. The van der Waals surface area contributed by atoms with Crippen LogP contribution in [0.2, 0.25) is 0 Å². The molecular weight excluding hydrogens is 254 g/mol. The highest BCUT2D eigenvalue weighted by Gasteiger charge is 2.03. The highest BCUT2D eigenvalue weighted by Crippen LogP contribution is 2.24. The molecule has 0 amide bonds. The van der Waals surface area contributed by atoms with Crippen molar-refractivity contribution < 1.29 is 0 Å². The van der Waals surface area contributed by atoms with E-state index in [1.807, 2.05) is 0 Å². The topological polar surface area (TPSA) is 12.0 Å². The number of hydrogen-bond acceptors (Lipinski definition) is 1. The molecule has 1 nitrogen and oxygen atoms in total. The summed E-state index contributed by atoms with van der Waals surface area (Å²) in [6.07, 6.45) is 5.00. The highest BCUT2D eigenvalue weighted by molar-refractivity contribution is 5.65. The number of anilines is 2. The second kappa shape index (κ2) is 9.82. The molecule has 0 saturated carbocycles. The highest BCUT2D eigenvalue weighted by atomic mass is 14.9. The van der Waals surface area contributed by atoms with Crippen LogP contribution in [-0.4, -0.2) is 0 Å². The Hall–Kier alpha value is -2.02. The molecule has 0 saturated heterocycles. The first-order chi connectivity index (χ1) is 10.3. The molecule has 0 fully saturated rings.